The predicted molar refractivity (Wildman–Crippen MR) is 74.1 cm³/mol. The molecule has 1 aromatic rings. The average Bonchev–Trinajstić information content (AvgIpc) is 3.18. The molecule has 0 unspecified atom stereocenters. The van der Waals surface area contributed by atoms with E-state index in [0.29, 0.717) is 12.5 Å². The minimum atomic E-state index is -4.47. The summed E-state index contributed by atoms with van der Waals surface area (Å²) in [6.45, 7) is 0.605. The molecule has 6 heteroatoms. The number of carboxylic acids is 1. The molecule has 1 aliphatic rings. The minimum Gasteiger partial charge on any atom is -0.478 e. The fourth-order valence-corrected chi connectivity index (χ4v) is 2.17. The molecule has 1 fully saturated rings. The van der Waals surface area contributed by atoms with Crippen LogP contribution in [0.25, 0.3) is 6.08 Å². The summed E-state index contributed by atoms with van der Waals surface area (Å²) in [6.07, 6.45) is -0.373. The average molecular weight is 299 g/mol. The zero-order valence-electron chi connectivity index (χ0n) is 11.5. The molecule has 0 saturated heterocycles. The molecule has 0 atom stereocenters. The molecule has 0 heterocycles. The van der Waals surface area contributed by atoms with E-state index in [1.54, 1.807) is 11.9 Å². The van der Waals surface area contributed by atoms with Crippen molar-refractivity contribution in [2.75, 3.05) is 18.5 Å². The maximum atomic E-state index is 13.2. The van der Waals surface area contributed by atoms with Gasteiger partial charge in [0.05, 0.1) is 5.56 Å². The number of hydrogen-bond acceptors (Lipinski definition) is 2. The first-order chi connectivity index (χ1) is 9.77. The molecule has 0 aliphatic heterocycles. The van der Waals surface area contributed by atoms with E-state index >= 15 is 0 Å². The summed E-state index contributed by atoms with van der Waals surface area (Å²) in [4.78, 5) is 12.1. The van der Waals surface area contributed by atoms with Crippen molar-refractivity contribution in [2.45, 2.75) is 19.0 Å². The quantitative estimate of drug-likeness (QED) is 0.844. The van der Waals surface area contributed by atoms with E-state index in [1.165, 1.54) is 12.1 Å². The zero-order valence-corrected chi connectivity index (χ0v) is 11.5. The molecule has 0 aromatic heterocycles. The molecule has 0 spiro atoms. The standard InChI is InChI=1S/C15H16F3NO2/c1-19(9-11-2-3-11)13-6-4-10(5-7-14(20)21)8-12(13)15(16,17)18/h4-8,11H,2-3,9H2,1H3,(H,20,21)/b7-5+. The van der Waals surface area contributed by atoms with Gasteiger partial charge < -0.3 is 10.0 Å². The zero-order chi connectivity index (χ0) is 15.6. The van der Waals surface area contributed by atoms with Crippen LogP contribution in [0.4, 0.5) is 18.9 Å². The lowest BCUT2D eigenvalue weighted by Gasteiger charge is -2.24. The Morgan fingerprint density at radius 1 is 1.43 bits per heavy atom. The van der Waals surface area contributed by atoms with Crippen LogP contribution in [0.1, 0.15) is 24.0 Å². The summed E-state index contributed by atoms with van der Waals surface area (Å²) >= 11 is 0. The van der Waals surface area contributed by atoms with Gasteiger partial charge in [-0.2, -0.15) is 13.2 Å². The summed E-state index contributed by atoms with van der Waals surface area (Å²) in [6, 6.07) is 3.87. The monoisotopic (exact) mass is 299 g/mol. The van der Waals surface area contributed by atoms with Gasteiger partial charge in [0.15, 0.2) is 0 Å². The van der Waals surface area contributed by atoms with E-state index in [0.717, 1.165) is 31.1 Å². The van der Waals surface area contributed by atoms with E-state index in [-0.39, 0.29) is 11.3 Å². The van der Waals surface area contributed by atoms with Crippen LogP contribution in [0.2, 0.25) is 0 Å². The van der Waals surface area contributed by atoms with E-state index < -0.39 is 17.7 Å². The number of rotatable bonds is 5. The molecule has 0 amide bonds. The number of alkyl halides is 3. The van der Waals surface area contributed by atoms with Crippen LogP contribution < -0.4 is 4.90 Å². The van der Waals surface area contributed by atoms with Crippen LogP contribution in [0.5, 0.6) is 0 Å². The molecular formula is C15H16F3NO2. The SMILES string of the molecule is CN(CC1CC1)c1ccc(/C=C/C(=O)O)cc1C(F)(F)F. The number of anilines is 1. The smallest absolute Gasteiger partial charge is 0.418 e. The van der Waals surface area contributed by atoms with Crippen LogP contribution in [0.3, 0.4) is 0 Å². The Hall–Kier alpha value is -1.98. The Labute approximate surface area is 120 Å². The van der Waals surface area contributed by atoms with Gasteiger partial charge in [-0.3, -0.25) is 0 Å². The van der Waals surface area contributed by atoms with E-state index in [9.17, 15) is 18.0 Å². The molecule has 1 aromatic carbocycles. The molecular weight excluding hydrogens is 283 g/mol. The summed E-state index contributed by atoms with van der Waals surface area (Å²) < 4.78 is 39.5. The maximum absolute atomic E-state index is 13.2. The molecule has 3 nitrogen and oxygen atoms in total. The van der Waals surface area contributed by atoms with Crippen molar-refractivity contribution in [2.24, 2.45) is 5.92 Å². The molecule has 114 valence electrons. The first-order valence-electron chi connectivity index (χ1n) is 6.61. The fourth-order valence-electron chi connectivity index (χ4n) is 2.17. The van der Waals surface area contributed by atoms with Gasteiger partial charge in [0.2, 0.25) is 0 Å². The van der Waals surface area contributed by atoms with Crippen molar-refractivity contribution in [3.05, 3.63) is 35.4 Å². The third-order valence-corrected chi connectivity index (χ3v) is 3.38. The van der Waals surface area contributed by atoms with Crippen molar-refractivity contribution >= 4 is 17.7 Å². The highest BCUT2D eigenvalue weighted by atomic mass is 19.4. The van der Waals surface area contributed by atoms with Crippen molar-refractivity contribution in [3.8, 4) is 0 Å². The number of benzene rings is 1. The molecule has 1 aliphatic carbocycles. The second kappa shape index (κ2) is 5.79. The Bertz CT molecular complexity index is 563. The topological polar surface area (TPSA) is 40.5 Å². The van der Waals surface area contributed by atoms with Gasteiger partial charge in [0.1, 0.15) is 0 Å². The third kappa shape index (κ3) is 4.24. The largest absolute Gasteiger partial charge is 0.478 e. The molecule has 0 bridgehead atoms. The predicted octanol–water partition coefficient (Wildman–Crippen LogP) is 3.65. The lowest BCUT2D eigenvalue weighted by Crippen LogP contribution is -2.23. The van der Waals surface area contributed by atoms with Crippen molar-refractivity contribution in [3.63, 3.8) is 0 Å². The number of hydrogen-bond donors (Lipinski definition) is 1. The Kier molecular flexibility index (Phi) is 4.25. The highest BCUT2D eigenvalue weighted by Gasteiger charge is 2.35. The van der Waals surface area contributed by atoms with Crippen LogP contribution in [0.15, 0.2) is 24.3 Å². The normalized spacial score (nSPS) is 15.4. The molecule has 1 saturated carbocycles. The lowest BCUT2D eigenvalue weighted by molar-refractivity contribution is -0.137. The number of halogens is 3. The van der Waals surface area contributed by atoms with E-state index in [2.05, 4.69) is 0 Å². The Balaban J connectivity index is 2.33. The highest BCUT2D eigenvalue weighted by molar-refractivity contribution is 5.85. The van der Waals surface area contributed by atoms with Gasteiger partial charge in [-0.15, -0.1) is 0 Å². The summed E-state index contributed by atoms with van der Waals surface area (Å²) in [7, 11) is 1.65. The summed E-state index contributed by atoms with van der Waals surface area (Å²) in [5.41, 5.74) is -0.395. The maximum Gasteiger partial charge on any atom is 0.418 e. The van der Waals surface area contributed by atoms with Crippen molar-refractivity contribution in [1.29, 1.82) is 0 Å². The molecule has 1 N–H and O–H groups in total. The second-order valence-corrected chi connectivity index (χ2v) is 5.27. The van der Waals surface area contributed by atoms with Crippen LogP contribution in [-0.4, -0.2) is 24.7 Å². The van der Waals surface area contributed by atoms with Crippen LogP contribution in [0, 0.1) is 5.92 Å². The van der Waals surface area contributed by atoms with E-state index in [1.807, 2.05) is 0 Å². The van der Waals surface area contributed by atoms with Gasteiger partial charge in [-0.1, -0.05) is 6.07 Å². The van der Waals surface area contributed by atoms with Gasteiger partial charge in [0.25, 0.3) is 0 Å². The van der Waals surface area contributed by atoms with Gasteiger partial charge in [-0.05, 0) is 42.5 Å². The third-order valence-electron chi connectivity index (χ3n) is 3.38. The summed E-state index contributed by atoms with van der Waals surface area (Å²) in [5, 5.41) is 8.54. The van der Waals surface area contributed by atoms with Gasteiger partial charge in [-0.25, -0.2) is 4.79 Å². The minimum absolute atomic E-state index is 0.127. The summed E-state index contributed by atoms with van der Waals surface area (Å²) in [5.74, 6) is -0.721. The van der Waals surface area contributed by atoms with Crippen molar-refractivity contribution < 1.29 is 23.1 Å². The Morgan fingerprint density at radius 2 is 2.10 bits per heavy atom. The first kappa shape index (κ1) is 15.4. The van der Waals surface area contributed by atoms with Crippen LogP contribution >= 0.6 is 0 Å². The number of carboxylic acid groups (broad SMARTS) is 1. The molecule has 0 radical (unpaired) electrons. The highest BCUT2D eigenvalue weighted by Crippen LogP contribution is 2.39. The van der Waals surface area contributed by atoms with Gasteiger partial charge >= 0.3 is 12.1 Å². The molecule has 21 heavy (non-hydrogen) atoms. The number of aliphatic carboxylic acids is 1. The number of nitrogens with zero attached hydrogens (tertiary/aromatic N) is 1. The number of carbonyl (C=O) groups is 1. The fraction of sp³-hybridized carbons (Fsp3) is 0.400. The lowest BCUT2D eigenvalue weighted by atomic mass is 10.1. The molecule has 2 rings (SSSR count). The first-order valence-corrected chi connectivity index (χ1v) is 6.61. The van der Waals surface area contributed by atoms with Gasteiger partial charge in [0, 0.05) is 25.4 Å². The van der Waals surface area contributed by atoms with E-state index in [4.69, 9.17) is 5.11 Å². The van der Waals surface area contributed by atoms with Crippen LogP contribution in [-0.2, 0) is 11.0 Å². The van der Waals surface area contributed by atoms with Crippen molar-refractivity contribution in [1.82, 2.24) is 0 Å². The second-order valence-electron chi connectivity index (χ2n) is 5.27. The Morgan fingerprint density at radius 3 is 2.62 bits per heavy atom.